The Morgan fingerprint density at radius 1 is 1.00 bits per heavy atom. The summed E-state index contributed by atoms with van der Waals surface area (Å²) in [5, 5.41) is 6.10. The maximum atomic E-state index is 14.2. The van der Waals surface area contributed by atoms with E-state index in [-0.39, 0.29) is 29.3 Å². The van der Waals surface area contributed by atoms with E-state index in [1.54, 1.807) is 13.2 Å². The van der Waals surface area contributed by atoms with E-state index < -0.39 is 24.7 Å². The van der Waals surface area contributed by atoms with Crippen LogP contribution in [0.4, 0.5) is 42.0 Å². The van der Waals surface area contributed by atoms with Gasteiger partial charge in [0, 0.05) is 37.1 Å². The van der Waals surface area contributed by atoms with Crippen molar-refractivity contribution in [3.8, 4) is 17.2 Å². The Labute approximate surface area is 267 Å². The molecule has 3 aromatic rings. The largest absolute Gasteiger partial charge is 0.494 e. The first kappa shape index (κ1) is 32.2. The molecule has 0 amide bonds. The molecule has 0 bridgehead atoms. The van der Waals surface area contributed by atoms with Gasteiger partial charge in [-0.05, 0) is 82.8 Å². The lowest BCUT2D eigenvalue weighted by molar-refractivity contribution is -0.137. The molecular weight excluding hydrogens is 620 g/mol. The first-order valence-corrected chi connectivity index (χ1v) is 18.2. The molecule has 2 saturated heterocycles. The second-order valence-corrected chi connectivity index (χ2v) is 15.5. The van der Waals surface area contributed by atoms with Gasteiger partial charge in [0.15, 0.2) is 11.5 Å². The molecule has 2 N–H and O–H groups in total. The van der Waals surface area contributed by atoms with Crippen LogP contribution in [0.3, 0.4) is 0 Å². The van der Waals surface area contributed by atoms with E-state index in [1.807, 2.05) is 19.1 Å². The number of hydrogen-bond acceptors (Lipinski definition) is 10. The molecule has 46 heavy (non-hydrogen) atoms. The van der Waals surface area contributed by atoms with Crippen LogP contribution in [-0.2, 0) is 10.7 Å². The highest BCUT2D eigenvalue weighted by Gasteiger charge is 2.37. The second kappa shape index (κ2) is 12.8. The van der Waals surface area contributed by atoms with Crippen molar-refractivity contribution < 1.29 is 31.9 Å². The minimum atomic E-state index is -4.75. The van der Waals surface area contributed by atoms with Gasteiger partial charge >= 0.3 is 6.18 Å². The molecule has 14 heteroatoms. The van der Waals surface area contributed by atoms with Gasteiger partial charge in [-0.15, -0.1) is 0 Å². The summed E-state index contributed by atoms with van der Waals surface area (Å²) in [5.41, 5.74) is 1.69. The Morgan fingerprint density at radius 2 is 1.72 bits per heavy atom. The van der Waals surface area contributed by atoms with Gasteiger partial charge in [0.1, 0.15) is 37.5 Å². The maximum Gasteiger partial charge on any atom is 0.421 e. The summed E-state index contributed by atoms with van der Waals surface area (Å²) in [6.07, 6.45) is 0.746. The number of likely N-dealkylation sites (tertiary alicyclic amines) is 1. The molecule has 0 atom stereocenters. The van der Waals surface area contributed by atoms with Crippen molar-refractivity contribution in [2.24, 2.45) is 0 Å². The monoisotopic (exact) mass is 660 g/mol. The van der Waals surface area contributed by atoms with E-state index in [4.69, 9.17) is 14.2 Å². The highest BCUT2D eigenvalue weighted by atomic mass is 31.2. The number of piperidine rings is 1. The van der Waals surface area contributed by atoms with Crippen LogP contribution in [0, 0.1) is 6.92 Å². The van der Waals surface area contributed by atoms with Crippen LogP contribution in [0.25, 0.3) is 0 Å². The third kappa shape index (κ3) is 6.71. The summed E-state index contributed by atoms with van der Waals surface area (Å²) in [6, 6.07) is 7.59. The Morgan fingerprint density at radius 3 is 2.39 bits per heavy atom. The van der Waals surface area contributed by atoms with Gasteiger partial charge in [0.05, 0.1) is 23.8 Å². The lowest BCUT2D eigenvalue weighted by Crippen LogP contribution is -2.44. The Kier molecular flexibility index (Phi) is 9.00. The second-order valence-electron chi connectivity index (χ2n) is 12.3. The van der Waals surface area contributed by atoms with Crippen LogP contribution in [0.15, 0.2) is 30.5 Å². The molecule has 2 fully saturated rings. The number of fused-ring (bicyclic) bond motifs is 1. The van der Waals surface area contributed by atoms with Crippen LogP contribution >= 0.6 is 7.14 Å². The number of methoxy groups -OCH3 is 1. The molecule has 248 valence electrons. The molecule has 2 aromatic carbocycles. The summed E-state index contributed by atoms with van der Waals surface area (Å²) in [6.45, 7) is 9.87. The van der Waals surface area contributed by atoms with E-state index in [1.165, 1.54) is 45.3 Å². The summed E-state index contributed by atoms with van der Waals surface area (Å²) < 4.78 is 72.9. The number of aryl methyl sites for hydroxylation is 1. The number of benzene rings is 2. The van der Waals surface area contributed by atoms with Crippen molar-refractivity contribution in [3.63, 3.8) is 0 Å². The minimum Gasteiger partial charge on any atom is -0.494 e. The molecule has 10 nitrogen and oxygen atoms in total. The van der Waals surface area contributed by atoms with Crippen LogP contribution in [0.5, 0.6) is 17.2 Å². The zero-order valence-corrected chi connectivity index (χ0v) is 27.4. The number of ether oxygens (including phenoxy) is 3. The SMILES string of the molecule is COc1cc(N2CCC(N3CCCC3)CC2)c(C)cc1Nc1ncc(C(F)(F)F)c(Nc2ccc3c(c2P(C)(C)=O)OCCO3)n1. The zero-order valence-electron chi connectivity index (χ0n) is 26.5. The topological polar surface area (TPSA) is 101 Å². The van der Waals surface area contributed by atoms with E-state index >= 15 is 0 Å². The Bertz CT molecular complexity index is 1640. The lowest BCUT2D eigenvalue weighted by Gasteiger charge is -2.38. The van der Waals surface area contributed by atoms with Gasteiger partial charge < -0.3 is 39.2 Å². The van der Waals surface area contributed by atoms with Crippen LogP contribution < -0.4 is 35.0 Å². The van der Waals surface area contributed by atoms with Crippen LogP contribution in [-0.4, -0.2) is 80.7 Å². The van der Waals surface area contributed by atoms with E-state index in [0.717, 1.165) is 43.4 Å². The third-order valence-electron chi connectivity index (χ3n) is 8.80. The maximum absolute atomic E-state index is 14.2. The fourth-order valence-corrected chi connectivity index (χ4v) is 7.97. The standard InChI is InChI=1S/C32H40F3N6O4P/c1-20-17-24(27(43-2)18-25(20)41-13-9-21(10-14-41)40-11-5-6-12-40)38-31-36-19-22(32(33,34)35)30(39-31)37-23-7-8-26-28(45-16-15-44-26)29(23)46(3,4)42/h7-8,17-19,21H,5-6,9-16H2,1-4H3,(H2,36,37,38,39). The van der Waals surface area contributed by atoms with Gasteiger partial charge in [0.2, 0.25) is 5.95 Å². The number of halogens is 3. The predicted molar refractivity (Wildman–Crippen MR) is 174 cm³/mol. The number of anilines is 5. The van der Waals surface area contributed by atoms with E-state index in [2.05, 4.69) is 30.4 Å². The van der Waals surface area contributed by atoms with E-state index in [9.17, 15) is 17.7 Å². The molecule has 0 saturated carbocycles. The van der Waals surface area contributed by atoms with Crippen molar-refractivity contribution in [1.82, 2.24) is 14.9 Å². The number of hydrogen-bond donors (Lipinski definition) is 2. The van der Waals surface area contributed by atoms with Crippen molar-refractivity contribution in [1.29, 1.82) is 0 Å². The first-order valence-electron chi connectivity index (χ1n) is 15.6. The predicted octanol–water partition coefficient (Wildman–Crippen LogP) is 6.38. The van der Waals surface area contributed by atoms with Gasteiger partial charge in [-0.3, -0.25) is 0 Å². The molecule has 3 aliphatic heterocycles. The fourth-order valence-electron chi connectivity index (χ4n) is 6.59. The number of rotatable bonds is 8. The molecule has 6 rings (SSSR count). The van der Waals surface area contributed by atoms with Crippen molar-refractivity contribution in [2.75, 3.05) is 75.4 Å². The van der Waals surface area contributed by atoms with Crippen molar-refractivity contribution in [2.45, 2.75) is 44.8 Å². The van der Waals surface area contributed by atoms with Gasteiger partial charge in [-0.1, -0.05) is 0 Å². The normalized spacial score (nSPS) is 17.7. The molecular formula is C32H40F3N6O4P. The fraction of sp³-hybridized carbons (Fsp3) is 0.500. The van der Waals surface area contributed by atoms with Gasteiger partial charge in [-0.25, -0.2) is 4.98 Å². The molecule has 3 aliphatic rings. The number of aromatic nitrogens is 2. The number of alkyl halides is 3. The average Bonchev–Trinajstić information content (AvgIpc) is 3.55. The molecule has 1 aromatic heterocycles. The smallest absolute Gasteiger partial charge is 0.421 e. The average molecular weight is 661 g/mol. The Hall–Kier alpha value is -3.70. The number of nitrogens with one attached hydrogen (secondary N) is 2. The quantitative estimate of drug-likeness (QED) is 0.265. The molecule has 0 unspecified atom stereocenters. The highest BCUT2D eigenvalue weighted by molar-refractivity contribution is 7.70. The van der Waals surface area contributed by atoms with Gasteiger partial charge in [0.25, 0.3) is 0 Å². The summed E-state index contributed by atoms with van der Waals surface area (Å²) in [7, 11) is -1.50. The third-order valence-corrected chi connectivity index (χ3v) is 10.3. The molecule has 0 spiro atoms. The van der Waals surface area contributed by atoms with Crippen LogP contribution in [0.2, 0.25) is 0 Å². The minimum absolute atomic E-state index is 0.0670. The van der Waals surface area contributed by atoms with Crippen LogP contribution in [0.1, 0.15) is 36.8 Å². The zero-order chi connectivity index (χ0) is 32.6. The van der Waals surface area contributed by atoms with Gasteiger partial charge in [-0.2, -0.15) is 18.2 Å². The first-order chi connectivity index (χ1) is 21.9. The van der Waals surface area contributed by atoms with E-state index in [0.29, 0.717) is 29.8 Å². The molecule has 0 radical (unpaired) electrons. The lowest BCUT2D eigenvalue weighted by atomic mass is 10.0. The molecule has 0 aliphatic carbocycles. The summed E-state index contributed by atoms with van der Waals surface area (Å²) in [5.74, 6) is 0.601. The molecule has 4 heterocycles. The van der Waals surface area contributed by atoms with Crippen molar-refractivity contribution in [3.05, 3.63) is 41.6 Å². The summed E-state index contributed by atoms with van der Waals surface area (Å²) >= 11 is 0. The Balaban J connectivity index is 1.28. The summed E-state index contributed by atoms with van der Waals surface area (Å²) in [4.78, 5) is 13.2. The number of nitrogens with zero attached hydrogens (tertiary/aromatic N) is 4. The highest BCUT2D eigenvalue weighted by Crippen LogP contribution is 2.47. The van der Waals surface area contributed by atoms with Crippen molar-refractivity contribution >= 4 is 41.3 Å².